The van der Waals surface area contributed by atoms with Gasteiger partial charge in [0.15, 0.2) is 20.6 Å². The lowest BCUT2D eigenvalue weighted by Crippen LogP contribution is -2.13. The minimum absolute atomic E-state index is 0.146. The topological polar surface area (TPSA) is 89.3 Å². The van der Waals surface area contributed by atoms with Crippen LogP contribution >= 0.6 is 0 Å². The Morgan fingerprint density at radius 3 is 2.64 bits per heavy atom. The highest BCUT2D eigenvalue weighted by Crippen LogP contribution is 2.14. The second-order valence-electron chi connectivity index (χ2n) is 2.72. The number of sulfone groups is 1. The lowest BCUT2D eigenvalue weighted by molar-refractivity contribution is 0.0686. The van der Waals surface area contributed by atoms with E-state index in [4.69, 9.17) is 5.11 Å². The number of carboxylic acids is 1. The number of aryl methyl sites for hydroxylation is 1. The molecule has 1 rings (SSSR count). The maximum atomic E-state index is 11.5. The van der Waals surface area contributed by atoms with Crippen LogP contribution in [0.4, 0.5) is 0 Å². The Hall–Kier alpha value is -1.37. The molecule has 0 aliphatic carbocycles. The first kappa shape index (κ1) is 10.7. The van der Waals surface area contributed by atoms with Crippen molar-refractivity contribution in [1.29, 1.82) is 0 Å². The van der Waals surface area contributed by atoms with Gasteiger partial charge in [0.1, 0.15) is 0 Å². The van der Waals surface area contributed by atoms with Gasteiger partial charge in [-0.1, -0.05) is 6.92 Å². The van der Waals surface area contributed by atoms with Crippen molar-refractivity contribution >= 4 is 15.8 Å². The van der Waals surface area contributed by atoms with Crippen molar-refractivity contribution in [2.45, 2.75) is 11.9 Å². The molecule has 0 unspecified atom stereocenters. The van der Waals surface area contributed by atoms with Gasteiger partial charge in [0, 0.05) is 7.05 Å². The molecule has 0 saturated carbocycles. The predicted octanol–water partition coefficient (Wildman–Crippen LogP) is -0.0881. The number of carbonyl (C=O) groups is 1. The van der Waals surface area contributed by atoms with Crippen LogP contribution < -0.4 is 0 Å². The zero-order valence-electron chi connectivity index (χ0n) is 7.76. The van der Waals surface area contributed by atoms with E-state index in [0.717, 1.165) is 0 Å². The molecule has 14 heavy (non-hydrogen) atoms. The largest absolute Gasteiger partial charge is 0.476 e. The average Bonchev–Trinajstić information content (AvgIpc) is 2.47. The molecule has 0 radical (unpaired) electrons. The van der Waals surface area contributed by atoms with Crippen LogP contribution in [0.5, 0.6) is 0 Å². The number of imidazole rings is 1. The Kier molecular flexibility index (Phi) is 2.61. The molecule has 0 amide bonds. The zero-order valence-corrected chi connectivity index (χ0v) is 8.58. The first-order valence-electron chi connectivity index (χ1n) is 3.87. The summed E-state index contributed by atoms with van der Waals surface area (Å²) in [7, 11) is -2.10. The number of hydrogen-bond acceptors (Lipinski definition) is 4. The third-order valence-corrected chi connectivity index (χ3v) is 3.59. The molecule has 1 aromatic heterocycles. The van der Waals surface area contributed by atoms with Crippen molar-refractivity contribution in [2.75, 3.05) is 5.75 Å². The summed E-state index contributed by atoms with van der Waals surface area (Å²) >= 11 is 0. The highest BCUT2D eigenvalue weighted by atomic mass is 32.2. The molecule has 78 valence electrons. The number of rotatable bonds is 3. The van der Waals surface area contributed by atoms with Crippen LogP contribution in [0.2, 0.25) is 0 Å². The molecule has 0 aliphatic heterocycles. The molecule has 0 atom stereocenters. The first-order chi connectivity index (χ1) is 6.40. The summed E-state index contributed by atoms with van der Waals surface area (Å²) in [5.41, 5.74) is -0.422. The smallest absolute Gasteiger partial charge is 0.357 e. The summed E-state index contributed by atoms with van der Waals surface area (Å²) in [6, 6.07) is 0. The number of aromatic nitrogens is 2. The third-order valence-electron chi connectivity index (χ3n) is 1.76. The second kappa shape index (κ2) is 3.41. The number of aromatic carboxylic acids is 1. The van der Waals surface area contributed by atoms with Crippen LogP contribution in [0.25, 0.3) is 0 Å². The average molecular weight is 218 g/mol. The van der Waals surface area contributed by atoms with E-state index in [1.54, 1.807) is 0 Å². The molecular weight excluding hydrogens is 208 g/mol. The van der Waals surface area contributed by atoms with E-state index >= 15 is 0 Å². The van der Waals surface area contributed by atoms with E-state index in [1.165, 1.54) is 24.9 Å². The number of hydrogen-bond donors (Lipinski definition) is 1. The minimum Gasteiger partial charge on any atom is -0.476 e. The predicted molar refractivity (Wildman–Crippen MR) is 47.9 cm³/mol. The monoisotopic (exact) mass is 218 g/mol. The summed E-state index contributed by atoms with van der Waals surface area (Å²) in [5.74, 6) is -1.48. The normalized spacial score (nSPS) is 11.6. The SMILES string of the molecule is CCS(=O)(=O)c1c(C(=O)O)ncn1C. The summed E-state index contributed by atoms with van der Waals surface area (Å²) in [4.78, 5) is 14.2. The lowest BCUT2D eigenvalue weighted by Gasteiger charge is -2.02. The molecule has 6 nitrogen and oxygen atoms in total. The van der Waals surface area contributed by atoms with Crippen molar-refractivity contribution < 1.29 is 18.3 Å². The van der Waals surface area contributed by atoms with Crippen molar-refractivity contribution in [2.24, 2.45) is 7.05 Å². The van der Waals surface area contributed by atoms with E-state index in [0.29, 0.717) is 0 Å². The molecule has 1 N–H and O–H groups in total. The Morgan fingerprint density at radius 1 is 1.64 bits per heavy atom. The van der Waals surface area contributed by atoms with Crippen molar-refractivity contribution in [3.8, 4) is 0 Å². The molecule has 0 saturated heterocycles. The maximum Gasteiger partial charge on any atom is 0.357 e. The molecule has 7 heteroatoms. The van der Waals surface area contributed by atoms with Gasteiger partial charge in [0.05, 0.1) is 12.1 Å². The van der Waals surface area contributed by atoms with Crippen LogP contribution in [-0.4, -0.2) is 34.8 Å². The molecule has 0 aliphatic rings. The van der Waals surface area contributed by atoms with E-state index in [2.05, 4.69) is 4.98 Å². The van der Waals surface area contributed by atoms with Gasteiger partial charge in [0.25, 0.3) is 0 Å². The Bertz CT molecular complexity index is 460. The highest BCUT2D eigenvalue weighted by molar-refractivity contribution is 7.91. The molecule has 0 spiro atoms. The van der Waals surface area contributed by atoms with Gasteiger partial charge in [-0.15, -0.1) is 0 Å². The Morgan fingerprint density at radius 2 is 2.21 bits per heavy atom. The van der Waals surface area contributed by atoms with Gasteiger partial charge in [-0.3, -0.25) is 0 Å². The maximum absolute atomic E-state index is 11.5. The third kappa shape index (κ3) is 1.63. The van der Waals surface area contributed by atoms with Crippen molar-refractivity contribution in [3.63, 3.8) is 0 Å². The van der Waals surface area contributed by atoms with E-state index in [9.17, 15) is 13.2 Å². The molecule has 1 heterocycles. The van der Waals surface area contributed by atoms with E-state index < -0.39 is 21.5 Å². The quantitative estimate of drug-likeness (QED) is 0.765. The van der Waals surface area contributed by atoms with Crippen LogP contribution in [0.15, 0.2) is 11.4 Å². The molecule has 0 bridgehead atoms. The van der Waals surface area contributed by atoms with E-state index in [1.807, 2.05) is 0 Å². The van der Waals surface area contributed by atoms with Gasteiger partial charge < -0.3 is 9.67 Å². The van der Waals surface area contributed by atoms with Crippen LogP contribution in [-0.2, 0) is 16.9 Å². The summed E-state index contributed by atoms with van der Waals surface area (Å²) < 4.78 is 24.2. The van der Waals surface area contributed by atoms with Crippen LogP contribution in [0.1, 0.15) is 17.4 Å². The van der Waals surface area contributed by atoms with Crippen molar-refractivity contribution in [3.05, 3.63) is 12.0 Å². The fourth-order valence-electron chi connectivity index (χ4n) is 1.07. The summed E-state index contributed by atoms with van der Waals surface area (Å²) in [6.45, 7) is 1.45. The minimum atomic E-state index is -3.54. The molecule has 1 aromatic rings. The fraction of sp³-hybridized carbons (Fsp3) is 0.429. The molecule has 0 fully saturated rings. The Balaban J connectivity index is 3.47. The van der Waals surface area contributed by atoms with Gasteiger partial charge >= 0.3 is 5.97 Å². The van der Waals surface area contributed by atoms with E-state index in [-0.39, 0.29) is 10.8 Å². The number of nitrogens with zero attached hydrogens (tertiary/aromatic N) is 2. The summed E-state index contributed by atoms with van der Waals surface area (Å²) in [6.07, 6.45) is 1.17. The number of carboxylic acid groups (broad SMARTS) is 1. The molecule has 0 aromatic carbocycles. The van der Waals surface area contributed by atoms with Gasteiger partial charge in [-0.25, -0.2) is 18.2 Å². The van der Waals surface area contributed by atoms with Crippen LogP contribution in [0.3, 0.4) is 0 Å². The standard InChI is InChI=1S/C7H10N2O4S/c1-3-14(12,13)6-5(7(10)11)8-4-9(6)2/h4H,3H2,1-2H3,(H,10,11). The molecular formula is C7H10N2O4S. The van der Waals surface area contributed by atoms with Gasteiger partial charge in [0.2, 0.25) is 0 Å². The first-order valence-corrected chi connectivity index (χ1v) is 5.52. The van der Waals surface area contributed by atoms with Gasteiger partial charge in [-0.05, 0) is 0 Å². The second-order valence-corrected chi connectivity index (χ2v) is 4.91. The van der Waals surface area contributed by atoms with Gasteiger partial charge in [-0.2, -0.15) is 0 Å². The Labute approximate surface area is 81.1 Å². The fourth-order valence-corrected chi connectivity index (χ4v) is 2.26. The van der Waals surface area contributed by atoms with Crippen LogP contribution in [0, 0.1) is 0 Å². The zero-order chi connectivity index (χ0) is 10.9. The highest BCUT2D eigenvalue weighted by Gasteiger charge is 2.25. The lowest BCUT2D eigenvalue weighted by atomic mass is 10.5. The van der Waals surface area contributed by atoms with Crippen molar-refractivity contribution in [1.82, 2.24) is 9.55 Å². The summed E-state index contributed by atoms with van der Waals surface area (Å²) in [5, 5.41) is 8.45.